The van der Waals surface area contributed by atoms with Crippen molar-refractivity contribution < 1.29 is 4.39 Å². The molecule has 1 fully saturated rings. The minimum Gasteiger partial charge on any atom is -0.354 e. The maximum absolute atomic E-state index is 13.1. The second-order valence-corrected chi connectivity index (χ2v) is 9.49. The first-order chi connectivity index (χ1) is 19.1. The van der Waals surface area contributed by atoms with Crippen LogP contribution < -0.4 is 4.90 Å². The Bertz CT molecular complexity index is 1720. The first-order valence-electron chi connectivity index (χ1n) is 12.7. The minimum atomic E-state index is -0.251. The van der Waals surface area contributed by atoms with E-state index in [9.17, 15) is 9.65 Å². The highest BCUT2D eigenvalue weighted by Gasteiger charge is 2.19. The van der Waals surface area contributed by atoms with E-state index in [4.69, 9.17) is 4.98 Å². The second-order valence-electron chi connectivity index (χ2n) is 9.49. The van der Waals surface area contributed by atoms with E-state index in [2.05, 4.69) is 50.0 Å². The molecule has 0 atom stereocenters. The number of pyridine rings is 2. The lowest BCUT2D eigenvalue weighted by molar-refractivity contribution is 0.287. The van der Waals surface area contributed by atoms with Crippen molar-refractivity contribution in [1.29, 1.82) is 5.26 Å². The number of hydrogen-bond acceptors (Lipinski definition) is 6. The van der Waals surface area contributed by atoms with Crippen molar-refractivity contribution in [2.75, 3.05) is 37.6 Å². The van der Waals surface area contributed by atoms with Crippen molar-refractivity contribution in [3.05, 3.63) is 90.4 Å². The van der Waals surface area contributed by atoms with Crippen LogP contribution in [-0.2, 0) is 7.05 Å². The number of halogens is 1. The number of nitrogens with zero attached hydrogens (tertiary/aromatic N) is 8. The van der Waals surface area contributed by atoms with E-state index in [1.807, 2.05) is 37.9 Å². The second kappa shape index (κ2) is 10.4. The van der Waals surface area contributed by atoms with E-state index in [0.717, 1.165) is 65.3 Å². The summed E-state index contributed by atoms with van der Waals surface area (Å²) in [5.41, 5.74) is 5.84. The molecule has 0 unspecified atom stereocenters. The van der Waals surface area contributed by atoms with Gasteiger partial charge in [0.25, 0.3) is 0 Å². The van der Waals surface area contributed by atoms with Crippen LogP contribution >= 0.6 is 0 Å². The number of anilines is 1. The van der Waals surface area contributed by atoms with Gasteiger partial charge < -0.3 is 4.90 Å². The Hall–Kier alpha value is -4.99. The predicted molar refractivity (Wildman–Crippen MR) is 147 cm³/mol. The molecule has 1 aromatic carbocycles. The molecular formula is C30H25FN8. The van der Waals surface area contributed by atoms with Gasteiger partial charge in [-0.2, -0.15) is 15.5 Å². The summed E-state index contributed by atoms with van der Waals surface area (Å²) in [6.45, 7) is 4.15. The summed E-state index contributed by atoms with van der Waals surface area (Å²) in [6, 6.07) is 14.7. The van der Waals surface area contributed by atoms with Crippen molar-refractivity contribution in [1.82, 2.24) is 29.3 Å². The quantitative estimate of drug-likeness (QED) is 0.336. The highest BCUT2D eigenvalue weighted by Crippen LogP contribution is 2.32. The molecule has 0 bridgehead atoms. The van der Waals surface area contributed by atoms with Crippen molar-refractivity contribution in [2.24, 2.45) is 7.05 Å². The molecule has 8 nitrogen and oxygen atoms in total. The van der Waals surface area contributed by atoms with Crippen LogP contribution in [0.3, 0.4) is 0 Å². The summed E-state index contributed by atoms with van der Waals surface area (Å²) in [7, 11) is 1.88. The molecule has 4 aromatic heterocycles. The van der Waals surface area contributed by atoms with Crippen LogP contribution in [0.4, 0.5) is 10.2 Å². The molecule has 0 aliphatic carbocycles. The predicted octanol–water partition coefficient (Wildman–Crippen LogP) is 3.98. The van der Waals surface area contributed by atoms with E-state index in [-0.39, 0.29) is 5.82 Å². The summed E-state index contributed by atoms with van der Waals surface area (Å²) < 4.78 is 16.6. The van der Waals surface area contributed by atoms with E-state index >= 15 is 0 Å². The van der Waals surface area contributed by atoms with E-state index in [0.29, 0.717) is 12.1 Å². The highest BCUT2D eigenvalue weighted by atomic mass is 19.1. The topological polar surface area (TPSA) is 78.3 Å². The van der Waals surface area contributed by atoms with Gasteiger partial charge in [-0.3, -0.25) is 9.58 Å². The van der Waals surface area contributed by atoms with Crippen molar-refractivity contribution in [3.63, 3.8) is 0 Å². The van der Waals surface area contributed by atoms with Crippen LogP contribution in [0.15, 0.2) is 73.4 Å². The molecule has 5 aromatic rings. The van der Waals surface area contributed by atoms with Gasteiger partial charge in [0.2, 0.25) is 0 Å². The molecule has 0 radical (unpaired) electrons. The average molecular weight is 517 g/mol. The largest absolute Gasteiger partial charge is 0.354 e. The van der Waals surface area contributed by atoms with Gasteiger partial charge in [0, 0.05) is 79.6 Å². The molecule has 0 saturated carbocycles. The molecule has 1 aliphatic heterocycles. The summed E-state index contributed by atoms with van der Waals surface area (Å²) >= 11 is 0. The van der Waals surface area contributed by atoms with E-state index < -0.39 is 0 Å². The maximum Gasteiger partial charge on any atom is 0.128 e. The number of rotatable bonds is 4. The van der Waals surface area contributed by atoms with Crippen LogP contribution in [0.1, 0.15) is 11.1 Å². The number of piperazine rings is 1. The first kappa shape index (κ1) is 24.4. The van der Waals surface area contributed by atoms with Gasteiger partial charge >= 0.3 is 0 Å². The third-order valence-electron chi connectivity index (χ3n) is 6.91. The SMILES string of the molecule is Cn1cc(-c2cc(-c3ccc(N4CCN(CC#Cc5ccc(F)cc5)CC4)nc3)c3c(C#N)cnn3c2)cn1. The normalized spacial score (nSPS) is 13.7. The standard InChI is InChI=1S/C30H25FN8/c1-36-20-26(19-34-36)24-15-28(30-25(16-32)18-35-39(30)21-24)23-6-9-29(33-17-23)38-13-11-37(12-14-38)10-2-3-22-4-7-27(31)8-5-22/h4-9,15,17-21H,10-14H2,1H3. The molecule has 6 rings (SSSR count). The maximum atomic E-state index is 13.1. The molecule has 9 heteroatoms. The van der Waals surface area contributed by atoms with Gasteiger partial charge in [-0.05, 0) is 42.5 Å². The van der Waals surface area contributed by atoms with E-state index in [1.165, 1.54) is 12.1 Å². The number of benzene rings is 1. The van der Waals surface area contributed by atoms with Crippen LogP contribution in [0.5, 0.6) is 0 Å². The fourth-order valence-corrected chi connectivity index (χ4v) is 4.81. The van der Waals surface area contributed by atoms with Gasteiger partial charge in [-0.15, -0.1) is 0 Å². The van der Waals surface area contributed by atoms with Crippen LogP contribution in [0.2, 0.25) is 0 Å². The number of hydrogen-bond donors (Lipinski definition) is 0. The summed E-state index contributed by atoms with van der Waals surface area (Å²) in [4.78, 5) is 9.37. The van der Waals surface area contributed by atoms with Gasteiger partial charge in [0.15, 0.2) is 0 Å². The van der Waals surface area contributed by atoms with Gasteiger partial charge in [-0.25, -0.2) is 13.9 Å². The smallest absolute Gasteiger partial charge is 0.128 e. The Labute approximate surface area is 225 Å². The number of fused-ring (bicyclic) bond motifs is 1. The molecule has 0 amide bonds. The Morgan fingerprint density at radius 3 is 2.41 bits per heavy atom. The zero-order valence-corrected chi connectivity index (χ0v) is 21.4. The average Bonchev–Trinajstić information content (AvgIpc) is 3.60. The van der Waals surface area contributed by atoms with Crippen LogP contribution in [0.25, 0.3) is 27.8 Å². The molecule has 39 heavy (non-hydrogen) atoms. The Kier molecular flexibility index (Phi) is 6.50. The van der Waals surface area contributed by atoms with E-state index in [1.54, 1.807) is 27.5 Å². The first-order valence-corrected chi connectivity index (χ1v) is 12.7. The molecule has 1 aliphatic rings. The van der Waals surface area contributed by atoms with Gasteiger partial charge in [0.1, 0.15) is 17.7 Å². The Balaban J connectivity index is 1.18. The monoisotopic (exact) mass is 516 g/mol. The van der Waals surface area contributed by atoms with Gasteiger partial charge in [0.05, 0.1) is 30.0 Å². The van der Waals surface area contributed by atoms with Gasteiger partial charge in [-0.1, -0.05) is 11.8 Å². The number of nitriles is 1. The van der Waals surface area contributed by atoms with Crippen molar-refractivity contribution in [3.8, 4) is 40.2 Å². The van der Waals surface area contributed by atoms with Crippen molar-refractivity contribution in [2.45, 2.75) is 0 Å². The highest BCUT2D eigenvalue weighted by molar-refractivity contribution is 5.87. The third kappa shape index (κ3) is 5.08. The molecule has 0 N–H and O–H groups in total. The van der Waals surface area contributed by atoms with Crippen LogP contribution in [-0.4, -0.2) is 62.0 Å². The Morgan fingerprint density at radius 1 is 0.897 bits per heavy atom. The third-order valence-corrected chi connectivity index (χ3v) is 6.91. The molecule has 5 heterocycles. The zero-order valence-electron chi connectivity index (χ0n) is 21.4. The zero-order chi connectivity index (χ0) is 26.8. The molecule has 0 spiro atoms. The minimum absolute atomic E-state index is 0.251. The lowest BCUT2D eigenvalue weighted by Crippen LogP contribution is -2.46. The van der Waals surface area contributed by atoms with Crippen molar-refractivity contribution >= 4 is 11.3 Å². The fourth-order valence-electron chi connectivity index (χ4n) is 4.81. The summed E-state index contributed by atoms with van der Waals surface area (Å²) in [5.74, 6) is 6.97. The van der Waals surface area contributed by atoms with Crippen LogP contribution in [0, 0.1) is 29.0 Å². The lowest BCUT2D eigenvalue weighted by atomic mass is 10.0. The lowest BCUT2D eigenvalue weighted by Gasteiger charge is -2.34. The number of aryl methyl sites for hydroxylation is 1. The molecule has 1 saturated heterocycles. The molecule has 192 valence electrons. The number of aromatic nitrogens is 5. The summed E-state index contributed by atoms with van der Waals surface area (Å²) in [6.07, 6.45) is 9.15. The molecular weight excluding hydrogens is 491 g/mol. The summed E-state index contributed by atoms with van der Waals surface area (Å²) in [5, 5.41) is 18.4. The Morgan fingerprint density at radius 2 is 1.72 bits per heavy atom. The fraction of sp³-hybridized carbons (Fsp3) is 0.200.